The third-order valence-corrected chi connectivity index (χ3v) is 3.69. The fourth-order valence-corrected chi connectivity index (χ4v) is 2.36. The van der Waals surface area contributed by atoms with Crippen LogP contribution in [0.5, 0.6) is 0 Å². The normalized spacial score (nSPS) is 13.4. The lowest BCUT2D eigenvalue weighted by atomic mass is 10.0. The summed E-state index contributed by atoms with van der Waals surface area (Å²) in [4.78, 5) is 12.0. The maximum absolute atomic E-state index is 12.0. The fraction of sp³-hybridized carbons (Fsp3) is 0.316. The smallest absolute Gasteiger partial charge is 0.225 e. The van der Waals surface area contributed by atoms with Gasteiger partial charge in [-0.1, -0.05) is 55.5 Å². The SMILES string of the molecule is C[C@H](CC(=O)Nc1ccccc1)NC[C@H](C)c1ccccc1. The molecule has 22 heavy (non-hydrogen) atoms. The highest BCUT2D eigenvalue weighted by Crippen LogP contribution is 2.13. The van der Waals surface area contributed by atoms with E-state index in [2.05, 4.69) is 41.8 Å². The zero-order chi connectivity index (χ0) is 15.8. The first-order valence-corrected chi connectivity index (χ1v) is 7.78. The summed E-state index contributed by atoms with van der Waals surface area (Å²) in [6.45, 7) is 5.10. The van der Waals surface area contributed by atoms with Crippen molar-refractivity contribution >= 4 is 11.6 Å². The zero-order valence-corrected chi connectivity index (χ0v) is 13.3. The highest BCUT2D eigenvalue weighted by Gasteiger charge is 2.11. The number of carbonyl (C=O) groups is 1. The van der Waals surface area contributed by atoms with Crippen molar-refractivity contribution in [3.05, 3.63) is 66.2 Å². The van der Waals surface area contributed by atoms with E-state index in [1.807, 2.05) is 43.3 Å². The molecule has 0 spiro atoms. The number of amides is 1. The van der Waals surface area contributed by atoms with E-state index in [0.717, 1.165) is 12.2 Å². The summed E-state index contributed by atoms with van der Waals surface area (Å²) >= 11 is 0. The predicted molar refractivity (Wildman–Crippen MR) is 92.0 cm³/mol. The quantitative estimate of drug-likeness (QED) is 0.816. The van der Waals surface area contributed by atoms with Gasteiger partial charge in [-0.3, -0.25) is 4.79 Å². The van der Waals surface area contributed by atoms with E-state index < -0.39 is 0 Å². The van der Waals surface area contributed by atoms with Gasteiger partial charge in [-0.15, -0.1) is 0 Å². The van der Waals surface area contributed by atoms with Crippen LogP contribution in [0.1, 0.15) is 31.7 Å². The Kier molecular flexibility index (Phi) is 6.16. The molecular weight excluding hydrogens is 272 g/mol. The van der Waals surface area contributed by atoms with E-state index in [4.69, 9.17) is 0 Å². The molecule has 3 nitrogen and oxygen atoms in total. The molecule has 3 heteroatoms. The summed E-state index contributed by atoms with van der Waals surface area (Å²) in [6.07, 6.45) is 0.469. The molecular formula is C19H24N2O. The molecule has 0 aliphatic carbocycles. The average molecular weight is 296 g/mol. The molecule has 0 bridgehead atoms. The third kappa shape index (κ3) is 5.34. The molecule has 1 amide bonds. The fourth-order valence-electron chi connectivity index (χ4n) is 2.36. The highest BCUT2D eigenvalue weighted by molar-refractivity contribution is 5.90. The molecule has 0 saturated heterocycles. The van der Waals surface area contributed by atoms with Crippen LogP contribution in [0, 0.1) is 0 Å². The number of carbonyl (C=O) groups excluding carboxylic acids is 1. The van der Waals surface area contributed by atoms with Crippen LogP contribution in [-0.2, 0) is 4.79 Å². The van der Waals surface area contributed by atoms with Gasteiger partial charge < -0.3 is 10.6 Å². The Balaban J connectivity index is 1.73. The van der Waals surface area contributed by atoms with Gasteiger partial charge in [0.25, 0.3) is 0 Å². The Bertz CT molecular complexity index is 569. The van der Waals surface area contributed by atoms with Crippen LogP contribution in [0.3, 0.4) is 0 Å². The molecule has 0 unspecified atom stereocenters. The van der Waals surface area contributed by atoms with Crippen molar-refractivity contribution in [3.63, 3.8) is 0 Å². The minimum atomic E-state index is 0.0403. The van der Waals surface area contributed by atoms with Gasteiger partial charge in [0, 0.05) is 24.7 Å². The summed E-state index contributed by atoms with van der Waals surface area (Å²) in [7, 11) is 0. The van der Waals surface area contributed by atoms with Crippen LogP contribution in [-0.4, -0.2) is 18.5 Å². The number of rotatable bonds is 7. The minimum Gasteiger partial charge on any atom is -0.326 e. The van der Waals surface area contributed by atoms with Crippen molar-refractivity contribution < 1.29 is 4.79 Å². The second kappa shape index (κ2) is 8.35. The molecule has 116 valence electrons. The van der Waals surface area contributed by atoms with Crippen LogP contribution in [0.4, 0.5) is 5.69 Å². The van der Waals surface area contributed by atoms with Crippen molar-refractivity contribution in [2.75, 3.05) is 11.9 Å². The average Bonchev–Trinajstić information content (AvgIpc) is 2.54. The number of nitrogens with one attached hydrogen (secondary N) is 2. The van der Waals surface area contributed by atoms with Crippen LogP contribution in [0.15, 0.2) is 60.7 Å². The summed E-state index contributed by atoms with van der Waals surface area (Å²) in [6, 6.07) is 20.1. The van der Waals surface area contributed by atoms with E-state index >= 15 is 0 Å². The molecule has 2 atom stereocenters. The largest absolute Gasteiger partial charge is 0.326 e. The van der Waals surface area contributed by atoms with Crippen LogP contribution in [0.25, 0.3) is 0 Å². The number of hydrogen-bond acceptors (Lipinski definition) is 2. The summed E-state index contributed by atoms with van der Waals surface area (Å²) in [5.74, 6) is 0.472. The molecule has 2 N–H and O–H groups in total. The molecule has 0 saturated carbocycles. The van der Waals surface area contributed by atoms with E-state index in [-0.39, 0.29) is 11.9 Å². The van der Waals surface area contributed by atoms with E-state index in [9.17, 15) is 4.79 Å². The predicted octanol–water partition coefficient (Wildman–Crippen LogP) is 3.80. The maximum atomic E-state index is 12.0. The second-order valence-electron chi connectivity index (χ2n) is 5.74. The molecule has 0 aliphatic heterocycles. The molecule has 2 aromatic carbocycles. The van der Waals surface area contributed by atoms with E-state index in [0.29, 0.717) is 12.3 Å². The summed E-state index contributed by atoms with van der Waals surface area (Å²) in [5.41, 5.74) is 2.16. The first kappa shape index (κ1) is 16.2. The standard InChI is InChI=1S/C19H24N2O/c1-15(17-9-5-3-6-10-17)14-20-16(2)13-19(22)21-18-11-7-4-8-12-18/h3-12,15-16,20H,13-14H2,1-2H3,(H,21,22)/t15-,16+/m0/s1. The zero-order valence-electron chi connectivity index (χ0n) is 13.3. The second-order valence-corrected chi connectivity index (χ2v) is 5.74. The van der Waals surface area contributed by atoms with Gasteiger partial charge in [0.15, 0.2) is 0 Å². The Morgan fingerprint density at radius 1 is 0.955 bits per heavy atom. The van der Waals surface area contributed by atoms with Gasteiger partial charge >= 0.3 is 0 Å². The Labute approximate surface area is 132 Å². The molecule has 0 aromatic heterocycles. The summed E-state index contributed by atoms with van der Waals surface area (Å²) in [5, 5.41) is 6.35. The lowest BCUT2D eigenvalue weighted by molar-refractivity contribution is -0.116. The molecule has 0 fully saturated rings. The van der Waals surface area contributed by atoms with Gasteiger partial charge in [0.05, 0.1) is 0 Å². The van der Waals surface area contributed by atoms with Crippen molar-refractivity contribution in [1.82, 2.24) is 5.32 Å². The van der Waals surface area contributed by atoms with Gasteiger partial charge in [0.1, 0.15) is 0 Å². The van der Waals surface area contributed by atoms with E-state index in [1.165, 1.54) is 5.56 Å². The first-order chi connectivity index (χ1) is 10.6. The van der Waals surface area contributed by atoms with Gasteiger partial charge in [0.2, 0.25) is 5.91 Å². The molecule has 0 aliphatic rings. The van der Waals surface area contributed by atoms with Crippen molar-refractivity contribution in [1.29, 1.82) is 0 Å². The number of benzene rings is 2. The van der Waals surface area contributed by atoms with E-state index in [1.54, 1.807) is 0 Å². The minimum absolute atomic E-state index is 0.0403. The van der Waals surface area contributed by atoms with Crippen molar-refractivity contribution in [2.45, 2.75) is 32.2 Å². The van der Waals surface area contributed by atoms with Crippen molar-refractivity contribution in [2.24, 2.45) is 0 Å². The van der Waals surface area contributed by atoms with Crippen LogP contribution in [0.2, 0.25) is 0 Å². The summed E-state index contributed by atoms with van der Waals surface area (Å²) < 4.78 is 0. The lowest BCUT2D eigenvalue weighted by Crippen LogP contribution is -2.33. The Morgan fingerprint density at radius 3 is 2.18 bits per heavy atom. The molecule has 0 heterocycles. The number of para-hydroxylation sites is 1. The Morgan fingerprint density at radius 2 is 1.55 bits per heavy atom. The van der Waals surface area contributed by atoms with Crippen LogP contribution >= 0.6 is 0 Å². The first-order valence-electron chi connectivity index (χ1n) is 7.78. The highest BCUT2D eigenvalue weighted by atomic mass is 16.1. The number of hydrogen-bond donors (Lipinski definition) is 2. The van der Waals surface area contributed by atoms with Gasteiger partial charge in [-0.2, -0.15) is 0 Å². The van der Waals surface area contributed by atoms with Gasteiger partial charge in [-0.25, -0.2) is 0 Å². The van der Waals surface area contributed by atoms with Crippen LogP contribution < -0.4 is 10.6 Å². The maximum Gasteiger partial charge on any atom is 0.225 e. The van der Waals surface area contributed by atoms with Crippen molar-refractivity contribution in [3.8, 4) is 0 Å². The molecule has 2 rings (SSSR count). The third-order valence-electron chi connectivity index (χ3n) is 3.69. The lowest BCUT2D eigenvalue weighted by Gasteiger charge is -2.18. The molecule has 2 aromatic rings. The number of anilines is 1. The Hall–Kier alpha value is -2.13. The monoisotopic (exact) mass is 296 g/mol. The molecule has 0 radical (unpaired) electrons. The van der Waals surface area contributed by atoms with Gasteiger partial charge in [-0.05, 0) is 30.5 Å². The topological polar surface area (TPSA) is 41.1 Å².